The van der Waals surface area contributed by atoms with E-state index in [2.05, 4.69) is 15.1 Å². The molecule has 0 amide bonds. The molecule has 1 aromatic carbocycles. The van der Waals surface area contributed by atoms with Crippen molar-refractivity contribution in [3.8, 4) is 11.5 Å². The molecule has 0 atom stereocenters. The van der Waals surface area contributed by atoms with Gasteiger partial charge >= 0.3 is 5.97 Å². The van der Waals surface area contributed by atoms with Gasteiger partial charge in [0.15, 0.2) is 0 Å². The molecular formula is C21H20N4O5. The zero-order valence-electron chi connectivity index (χ0n) is 17.1. The van der Waals surface area contributed by atoms with Gasteiger partial charge in [0.05, 0.1) is 13.2 Å². The number of aryl methyl sites for hydroxylation is 3. The molecule has 0 saturated carbocycles. The molecule has 0 aliphatic rings. The predicted octanol–water partition coefficient (Wildman–Crippen LogP) is 3.19. The number of rotatable bonds is 5. The molecule has 0 fully saturated rings. The standard InChI is InChI=1S/C21H20N4O5/c1-5-28-21(27)17-16-19(30-24-17)22-13(4)25(20(16)26)10-15-12(3)29-18(23-15)14-9-7-6-8-11(14)2/h6-9H,5,10H2,1-4H3. The van der Waals surface area contributed by atoms with E-state index in [0.717, 1.165) is 11.1 Å². The summed E-state index contributed by atoms with van der Waals surface area (Å²) < 4.78 is 17.3. The molecule has 0 aliphatic heterocycles. The summed E-state index contributed by atoms with van der Waals surface area (Å²) in [5.74, 6) is 0.747. The second-order valence-corrected chi connectivity index (χ2v) is 6.82. The van der Waals surface area contributed by atoms with E-state index < -0.39 is 11.5 Å². The SMILES string of the molecule is CCOC(=O)c1noc2nc(C)n(Cc3nc(-c4ccccc4C)oc3C)c(=O)c12. The van der Waals surface area contributed by atoms with Crippen molar-refractivity contribution in [2.75, 3.05) is 6.61 Å². The number of fused-ring (bicyclic) bond motifs is 1. The normalized spacial score (nSPS) is 11.2. The Labute approximate surface area is 171 Å². The van der Waals surface area contributed by atoms with Crippen molar-refractivity contribution < 1.29 is 18.5 Å². The van der Waals surface area contributed by atoms with Gasteiger partial charge in [0.1, 0.15) is 22.7 Å². The highest BCUT2D eigenvalue weighted by Gasteiger charge is 2.24. The smallest absolute Gasteiger partial charge is 0.361 e. The van der Waals surface area contributed by atoms with Crippen molar-refractivity contribution in [2.24, 2.45) is 0 Å². The fraction of sp³-hybridized carbons (Fsp3) is 0.286. The van der Waals surface area contributed by atoms with Crippen LogP contribution in [0.2, 0.25) is 0 Å². The number of carbonyl (C=O) groups excluding carboxylic acids is 1. The third-order valence-corrected chi connectivity index (χ3v) is 4.83. The first-order valence-electron chi connectivity index (χ1n) is 9.47. The molecule has 3 aromatic heterocycles. The first-order valence-corrected chi connectivity index (χ1v) is 9.47. The number of aromatic nitrogens is 4. The average molecular weight is 408 g/mol. The molecule has 4 rings (SSSR count). The summed E-state index contributed by atoms with van der Waals surface area (Å²) in [5, 5.41) is 3.66. The van der Waals surface area contributed by atoms with Gasteiger partial charge in [0, 0.05) is 5.56 Å². The molecule has 0 saturated heterocycles. The van der Waals surface area contributed by atoms with Crippen molar-refractivity contribution in [3.05, 3.63) is 63.2 Å². The van der Waals surface area contributed by atoms with Crippen molar-refractivity contribution in [1.82, 2.24) is 19.7 Å². The zero-order chi connectivity index (χ0) is 21.4. The maximum Gasteiger partial charge on any atom is 0.361 e. The van der Waals surface area contributed by atoms with Crippen molar-refractivity contribution in [2.45, 2.75) is 34.2 Å². The minimum absolute atomic E-state index is 0.00530. The van der Waals surface area contributed by atoms with Crippen LogP contribution in [-0.2, 0) is 11.3 Å². The van der Waals surface area contributed by atoms with E-state index in [-0.39, 0.29) is 29.9 Å². The first-order chi connectivity index (χ1) is 14.4. The average Bonchev–Trinajstić information content (AvgIpc) is 3.29. The third-order valence-electron chi connectivity index (χ3n) is 4.83. The summed E-state index contributed by atoms with van der Waals surface area (Å²) in [6, 6.07) is 7.76. The van der Waals surface area contributed by atoms with Gasteiger partial charge in [0.25, 0.3) is 11.3 Å². The van der Waals surface area contributed by atoms with Gasteiger partial charge in [-0.15, -0.1) is 0 Å². The van der Waals surface area contributed by atoms with Gasteiger partial charge in [-0.05, 0) is 39.3 Å². The second kappa shape index (κ2) is 7.58. The highest BCUT2D eigenvalue weighted by Crippen LogP contribution is 2.25. The quantitative estimate of drug-likeness (QED) is 0.463. The van der Waals surface area contributed by atoms with Crippen LogP contribution in [0, 0.1) is 20.8 Å². The molecule has 0 unspecified atom stereocenters. The molecule has 3 heterocycles. The van der Waals surface area contributed by atoms with E-state index in [1.165, 1.54) is 4.57 Å². The maximum absolute atomic E-state index is 13.1. The van der Waals surface area contributed by atoms with Crippen LogP contribution in [0.4, 0.5) is 0 Å². The Morgan fingerprint density at radius 3 is 2.67 bits per heavy atom. The highest BCUT2D eigenvalue weighted by molar-refractivity contribution is 5.99. The minimum Gasteiger partial charge on any atom is -0.461 e. The van der Waals surface area contributed by atoms with Gasteiger partial charge in [-0.3, -0.25) is 9.36 Å². The van der Waals surface area contributed by atoms with Crippen molar-refractivity contribution in [3.63, 3.8) is 0 Å². The fourth-order valence-electron chi connectivity index (χ4n) is 3.22. The van der Waals surface area contributed by atoms with Crippen LogP contribution in [0.25, 0.3) is 22.6 Å². The van der Waals surface area contributed by atoms with Gasteiger partial charge in [-0.25, -0.2) is 9.78 Å². The van der Waals surface area contributed by atoms with Crippen molar-refractivity contribution >= 4 is 17.1 Å². The van der Waals surface area contributed by atoms with Gasteiger partial charge < -0.3 is 13.7 Å². The van der Waals surface area contributed by atoms with E-state index in [1.54, 1.807) is 20.8 Å². The molecule has 4 aromatic rings. The Balaban J connectivity index is 1.78. The van der Waals surface area contributed by atoms with E-state index >= 15 is 0 Å². The van der Waals surface area contributed by atoms with Crippen LogP contribution in [0.15, 0.2) is 38.0 Å². The Hall–Kier alpha value is -3.75. The molecule has 9 heteroatoms. The number of nitrogens with zero attached hydrogens (tertiary/aromatic N) is 4. The largest absolute Gasteiger partial charge is 0.461 e. The van der Waals surface area contributed by atoms with E-state index in [9.17, 15) is 9.59 Å². The number of hydrogen-bond acceptors (Lipinski definition) is 8. The molecule has 154 valence electrons. The maximum atomic E-state index is 13.1. The lowest BCUT2D eigenvalue weighted by atomic mass is 10.1. The molecule has 0 bridgehead atoms. The summed E-state index contributed by atoms with van der Waals surface area (Å²) in [4.78, 5) is 34.1. The summed E-state index contributed by atoms with van der Waals surface area (Å²) in [6.45, 7) is 7.39. The predicted molar refractivity (Wildman–Crippen MR) is 107 cm³/mol. The molecule has 9 nitrogen and oxygen atoms in total. The van der Waals surface area contributed by atoms with Crippen molar-refractivity contribution in [1.29, 1.82) is 0 Å². The lowest BCUT2D eigenvalue weighted by Crippen LogP contribution is -2.25. The van der Waals surface area contributed by atoms with E-state index in [0.29, 0.717) is 23.2 Å². The summed E-state index contributed by atoms with van der Waals surface area (Å²) in [7, 11) is 0. The Morgan fingerprint density at radius 1 is 1.17 bits per heavy atom. The van der Waals surface area contributed by atoms with Gasteiger partial charge in [0.2, 0.25) is 11.6 Å². The number of carbonyl (C=O) groups is 1. The topological polar surface area (TPSA) is 113 Å². The van der Waals surface area contributed by atoms with Crippen LogP contribution in [0.5, 0.6) is 0 Å². The number of esters is 1. The zero-order valence-corrected chi connectivity index (χ0v) is 17.1. The monoisotopic (exact) mass is 408 g/mol. The van der Waals surface area contributed by atoms with Gasteiger partial charge in [-0.1, -0.05) is 23.4 Å². The van der Waals surface area contributed by atoms with Gasteiger partial charge in [-0.2, -0.15) is 4.98 Å². The van der Waals surface area contributed by atoms with E-state index in [1.807, 2.05) is 31.2 Å². The molecule has 30 heavy (non-hydrogen) atoms. The number of ether oxygens (including phenoxy) is 1. The summed E-state index contributed by atoms with van der Waals surface area (Å²) in [6.07, 6.45) is 0. The number of hydrogen-bond donors (Lipinski definition) is 0. The third kappa shape index (κ3) is 3.28. The Kier molecular flexibility index (Phi) is 4.94. The molecule has 0 spiro atoms. The highest BCUT2D eigenvalue weighted by atomic mass is 16.5. The van der Waals surface area contributed by atoms with Crippen LogP contribution in [-0.4, -0.2) is 32.3 Å². The van der Waals surface area contributed by atoms with Crippen LogP contribution >= 0.6 is 0 Å². The summed E-state index contributed by atoms with van der Waals surface area (Å²) >= 11 is 0. The van der Waals surface area contributed by atoms with Crippen LogP contribution < -0.4 is 5.56 Å². The molecular weight excluding hydrogens is 388 g/mol. The summed E-state index contributed by atoms with van der Waals surface area (Å²) in [5.41, 5.74) is 1.86. The van der Waals surface area contributed by atoms with Crippen LogP contribution in [0.3, 0.4) is 0 Å². The molecule has 0 aliphatic carbocycles. The van der Waals surface area contributed by atoms with E-state index in [4.69, 9.17) is 13.7 Å². The minimum atomic E-state index is -0.731. The second-order valence-electron chi connectivity index (χ2n) is 6.82. The Morgan fingerprint density at radius 2 is 1.93 bits per heavy atom. The first kappa shape index (κ1) is 19.6. The number of benzene rings is 1. The Bertz CT molecular complexity index is 1310. The molecule has 0 radical (unpaired) electrons. The lowest BCUT2D eigenvalue weighted by molar-refractivity contribution is 0.0516. The fourth-order valence-corrected chi connectivity index (χ4v) is 3.22. The van der Waals surface area contributed by atoms with Crippen LogP contribution in [0.1, 0.15) is 40.3 Å². The molecule has 0 N–H and O–H groups in total. The number of oxazole rings is 1. The lowest BCUT2D eigenvalue weighted by Gasteiger charge is -2.07.